The van der Waals surface area contributed by atoms with Gasteiger partial charge in [0.25, 0.3) is 0 Å². The second-order valence-electron chi connectivity index (χ2n) is 5.32. The molecule has 110 valence electrons. The molecule has 0 spiro atoms. The molecule has 0 bridgehead atoms. The van der Waals surface area contributed by atoms with Gasteiger partial charge in [-0.2, -0.15) is 4.31 Å². The van der Waals surface area contributed by atoms with Crippen molar-refractivity contribution >= 4 is 10.0 Å². The zero-order chi connectivity index (χ0) is 14.3. The highest BCUT2D eigenvalue weighted by Crippen LogP contribution is 2.31. The molecule has 2 fully saturated rings. The Hall–Kier alpha value is -1.05. The molecule has 0 radical (unpaired) electrons. The smallest absolute Gasteiger partial charge is 0.243 e. The minimum Gasteiger partial charge on any atom is -0.315 e. The summed E-state index contributed by atoms with van der Waals surface area (Å²) in [6, 6.07) is 2.66. The zero-order valence-electron chi connectivity index (χ0n) is 10.9. The van der Waals surface area contributed by atoms with E-state index in [9.17, 15) is 17.2 Å². The second-order valence-corrected chi connectivity index (χ2v) is 7.21. The number of benzene rings is 1. The van der Waals surface area contributed by atoms with Crippen LogP contribution >= 0.6 is 0 Å². The molecule has 1 aromatic rings. The van der Waals surface area contributed by atoms with E-state index in [2.05, 4.69) is 5.32 Å². The Morgan fingerprint density at radius 1 is 1.20 bits per heavy atom. The van der Waals surface area contributed by atoms with Gasteiger partial charge in [0, 0.05) is 19.1 Å². The summed E-state index contributed by atoms with van der Waals surface area (Å²) < 4.78 is 52.9. The third kappa shape index (κ3) is 2.23. The van der Waals surface area contributed by atoms with Crippen molar-refractivity contribution in [1.29, 1.82) is 0 Å². The van der Waals surface area contributed by atoms with Crippen LogP contribution in [0.5, 0.6) is 0 Å². The quantitative estimate of drug-likeness (QED) is 0.897. The Labute approximate surface area is 116 Å². The fourth-order valence-electron chi connectivity index (χ4n) is 3.10. The molecule has 7 heteroatoms. The van der Waals surface area contributed by atoms with Gasteiger partial charge in [-0.1, -0.05) is 0 Å². The van der Waals surface area contributed by atoms with Crippen LogP contribution in [0.2, 0.25) is 0 Å². The molecule has 2 atom stereocenters. The molecule has 0 aromatic heterocycles. The number of hydrogen-bond acceptors (Lipinski definition) is 3. The first-order valence-corrected chi connectivity index (χ1v) is 8.12. The number of nitrogens with zero attached hydrogens (tertiary/aromatic N) is 1. The minimum absolute atomic E-state index is 0.0816. The highest BCUT2D eigenvalue weighted by molar-refractivity contribution is 7.89. The molecule has 3 rings (SSSR count). The number of sulfonamides is 1. The van der Waals surface area contributed by atoms with E-state index in [0.717, 1.165) is 37.6 Å². The standard InChI is InChI=1S/C13H16F2N2O2S/c14-11-4-3-10(6-12(11)15)20(18,19)17-5-1-2-9-7-16-8-13(9)17/h3-4,6,9,13,16H,1-2,5,7-8H2. The molecule has 2 aliphatic rings. The van der Waals surface area contributed by atoms with Crippen LogP contribution in [0.15, 0.2) is 23.1 Å². The molecule has 1 N–H and O–H groups in total. The average Bonchev–Trinajstić information content (AvgIpc) is 2.89. The summed E-state index contributed by atoms with van der Waals surface area (Å²) in [7, 11) is -3.77. The average molecular weight is 302 g/mol. The lowest BCUT2D eigenvalue weighted by Gasteiger charge is -2.35. The maximum atomic E-state index is 13.3. The lowest BCUT2D eigenvalue weighted by atomic mass is 9.94. The van der Waals surface area contributed by atoms with Gasteiger partial charge in [0.05, 0.1) is 4.90 Å². The highest BCUT2D eigenvalue weighted by atomic mass is 32.2. The molecule has 2 aliphatic heterocycles. The molecule has 2 heterocycles. The molecule has 0 aliphatic carbocycles. The molecule has 0 saturated carbocycles. The zero-order valence-corrected chi connectivity index (χ0v) is 11.7. The molecule has 4 nitrogen and oxygen atoms in total. The summed E-state index contributed by atoms with van der Waals surface area (Å²) in [6.07, 6.45) is 1.80. The van der Waals surface area contributed by atoms with E-state index in [4.69, 9.17) is 0 Å². The first-order valence-electron chi connectivity index (χ1n) is 6.68. The third-order valence-electron chi connectivity index (χ3n) is 4.13. The summed E-state index contributed by atoms with van der Waals surface area (Å²) in [5, 5.41) is 3.20. The summed E-state index contributed by atoms with van der Waals surface area (Å²) in [6.45, 7) is 1.87. The van der Waals surface area contributed by atoms with Gasteiger partial charge in [0.2, 0.25) is 10.0 Å². The van der Waals surface area contributed by atoms with Crippen molar-refractivity contribution in [1.82, 2.24) is 9.62 Å². The number of fused-ring (bicyclic) bond motifs is 1. The van der Waals surface area contributed by atoms with E-state index in [1.165, 1.54) is 4.31 Å². The molecule has 0 amide bonds. The van der Waals surface area contributed by atoms with Crippen molar-refractivity contribution in [2.24, 2.45) is 5.92 Å². The van der Waals surface area contributed by atoms with Gasteiger partial charge < -0.3 is 5.32 Å². The predicted molar refractivity (Wildman–Crippen MR) is 69.6 cm³/mol. The Morgan fingerprint density at radius 3 is 2.75 bits per heavy atom. The Kier molecular flexibility index (Phi) is 3.51. The number of halogens is 2. The topological polar surface area (TPSA) is 49.4 Å². The molecule has 2 unspecified atom stereocenters. The first kappa shape index (κ1) is 13.9. The van der Waals surface area contributed by atoms with Gasteiger partial charge in [-0.15, -0.1) is 0 Å². The van der Waals surface area contributed by atoms with E-state index >= 15 is 0 Å². The molecule has 2 saturated heterocycles. The number of hydrogen-bond donors (Lipinski definition) is 1. The molecular formula is C13H16F2N2O2S. The number of piperidine rings is 1. The van der Waals surface area contributed by atoms with Crippen LogP contribution in [0.1, 0.15) is 12.8 Å². The largest absolute Gasteiger partial charge is 0.315 e. The van der Waals surface area contributed by atoms with Gasteiger partial charge in [-0.25, -0.2) is 17.2 Å². The van der Waals surface area contributed by atoms with Crippen molar-refractivity contribution in [2.75, 3.05) is 19.6 Å². The van der Waals surface area contributed by atoms with Gasteiger partial charge in [0.1, 0.15) is 0 Å². The number of rotatable bonds is 2. The molecule has 1 aromatic carbocycles. The van der Waals surface area contributed by atoms with E-state index < -0.39 is 21.7 Å². The van der Waals surface area contributed by atoms with E-state index in [1.807, 2.05) is 0 Å². The summed E-state index contributed by atoms with van der Waals surface area (Å²) in [5.41, 5.74) is 0. The lowest BCUT2D eigenvalue weighted by Crippen LogP contribution is -2.48. The Bertz CT molecular complexity index is 621. The lowest BCUT2D eigenvalue weighted by molar-refractivity contribution is 0.217. The first-order chi connectivity index (χ1) is 9.50. The SMILES string of the molecule is O=S(=O)(c1ccc(F)c(F)c1)N1CCCC2CNCC21. The van der Waals surface area contributed by atoms with Gasteiger partial charge in [-0.3, -0.25) is 0 Å². The van der Waals surface area contributed by atoms with Gasteiger partial charge in [0.15, 0.2) is 11.6 Å². The fourth-order valence-corrected chi connectivity index (χ4v) is 4.83. The van der Waals surface area contributed by atoms with Gasteiger partial charge in [-0.05, 0) is 43.5 Å². The van der Waals surface area contributed by atoms with E-state index in [1.54, 1.807) is 0 Å². The summed E-state index contributed by atoms with van der Waals surface area (Å²) in [4.78, 5) is -0.177. The van der Waals surface area contributed by atoms with Crippen LogP contribution in [-0.4, -0.2) is 38.4 Å². The van der Waals surface area contributed by atoms with Crippen LogP contribution < -0.4 is 5.32 Å². The van der Waals surface area contributed by atoms with Crippen LogP contribution in [0.4, 0.5) is 8.78 Å². The number of nitrogens with one attached hydrogen (secondary N) is 1. The highest BCUT2D eigenvalue weighted by Gasteiger charge is 2.41. The van der Waals surface area contributed by atoms with Crippen LogP contribution in [-0.2, 0) is 10.0 Å². The van der Waals surface area contributed by atoms with Crippen molar-refractivity contribution in [3.8, 4) is 0 Å². The maximum absolute atomic E-state index is 13.3. The molecular weight excluding hydrogens is 286 g/mol. The summed E-state index contributed by atoms with van der Waals surface area (Å²) in [5.74, 6) is -1.86. The van der Waals surface area contributed by atoms with Crippen LogP contribution in [0, 0.1) is 17.6 Å². The van der Waals surface area contributed by atoms with Crippen molar-refractivity contribution in [3.63, 3.8) is 0 Å². The predicted octanol–water partition coefficient (Wildman–Crippen LogP) is 1.34. The minimum atomic E-state index is -3.77. The molecule has 20 heavy (non-hydrogen) atoms. The van der Waals surface area contributed by atoms with Crippen molar-refractivity contribution < 1.29 is 17.2 Å². The third-order valence-corrected chi connectivity index (χ3v) is 6.05. The maximum Gasteiger partial charge on any atom is 0.243 e. The normalized spacial score (nSPS) is 27.5. The van der Waals surface area contributed by atoms with Crippen molar-refractivity contribution in [3.05, 3.63) is 29.8 Å². The van der Waals surface area contributed by atoms with Crippen molar-refractivity contribution in [2.45, 2.75) is 23.8 Å². The second kappa shape index (κ2) is 5.05. The Morgan fingerprint density at radius 2 is 2.00 bits per heavy atom. The Balaban J connectivity index is 1.96. The summed E-state index contributed by atoms with van der Waals surface area (Å²) >= 11 is 0. The van der Waals surface area contributed by atoms with Crippen LogP contribution in [0.25, 0.3) is 0 Å². The monoisotopic (exact) mass is 302 g/mol. The van der Waals surface area contributed by atoms with Crippen LogP contribution in [0.3, 0.4) is 0 Å². The van der Waals surface area contributed by atoms with E-state index in [-0.39, 0.29) is 10.9 Å². The fraction of sp³-hybridized carbons (Fsp3) is 0.538. The van der Waals surface area contributed by atoms with Gasteiger partial charge >= 0.3 is 0 Å². The van der Waals surface area contributed by atoms with E-state index in [0.29, 0.717) is 19.0 Å².